The summed E-state index contributed by atoms with van der Waals surface area (Å²) < 4.78 is 20.8. The molecule has 1 saturated carbocycles. The van der Waals surface area contributed by atoms with Crippen LogP contribution in [0.3, 0.4) is 0 Å². The number of halogens is 1. The highest BCUT2D eigenvalue weighted by atomic mass is 19.1. The van der Waals surface area contributed by atoms with Gasteiger partial charge in [-0.25, -0.2) is 14.1 Å². The van der Waals surface area contributed by atoms with Gasteiger partial charge in [0.2, 0.25) is 11.8 Å². The molecule has 1 aliphatic carbocycles. The Morgan fingerprint density at radius 2 is 2.12 bits per heavy atom. The molecule has 0 unspecified atom stereocenters. The van der Waals surface area contributed by atoms with Gasteiger partial charge >= 0.3 is 0 Å². The molecule has 2 aromatic heterocycles. The van der Waals surface area contributed by atoms with Gasteiger partial charge < -0.3 is 10.1 Å². The SMILES string of the molecule is COc1ncncc1-n1ccc(NC(=O)C2(c3ccccc3F)CC2)n1. The van der Waals surface area contributed by atoms with Gasteiger partial charge in [-0.2, -0.15) is 4.98 Å². The highest BCUT2D eigenvalue weighted by Crippen LogP contribution is 2.49. The first-order valence-electron chi connectivity index (χ1n) is 8.10. The van der Waals surface area contributed by atoms with Crippen molar-refractivity contribution >= 4 is 11.7 Å². The number of aromatic nitrogens is 4. The van der Waals surface area contributed by atoms with E-state index in [0.717, 1.165) is 0 Å². The van der Waals surface area contributed by atoms with Gasteiger partial charge in [0.1, 0.15) is 17.8 Å². The molecule has 2 heterocycles. The molecule has 1 amide bonds. The van der Waals surface area contributed by atoms with Crippen LogP contribution in [0.25, 0.3) is 5.69 Å². The fourth-order valence-corrected chi connectivity index (χ4v) is 2.98. The van der Waals surface area contributed by atoms with E-state index in [1.165, 1.54) is 24.2 Å². The number of ether oxygens (including phenoxy) is 1. The number of hydrogen-bond acceptors (Lipinski definition) is 5. The van der Waals surface area contributed by atoms with Crippen molar-refractivity contribution in [2.75, 3.05) is 12.4 Å². The van der Waals surface area contributed by atoms with Crippen LogP contribution in [0.1, 0.15) is 18.4 Å². The Balaban J connectivity index is 1.57. The van der Waals surface area contributed by atoms with Gasteiger partial charge in [-0.05, 0) is 18.9 Å². The van der Waals surface area contributed by atoms with Crippen molar-refractivity contribution in [1.29, 1.82) is 0 Å². The molecular formula is C18H16FN5O2. The van der Waals surface area contributed by atoms with Crippen LogP contribution >= 0.6 is 0 Å². The Bertz CT molecular complexity index is 967. The number of rotatable bonds is 5. The van der Waals surface area contributed by atoms with E-state index in [2.05, 4.69) is 20.4 Å². The summed E-state index contributed by atoms with van der Waals surface area (Å²) in [7, 11) is 1.50. The van der Waals surface area contributed by atoms with Gasteiger partial charge in [0.05, 0.1) is 18.7 Å². The largest absolute Gasteiger partial charge is 0.479 e. The van der Waals surface area contributed by atoms with Crippen molar-refractivity contribution in [3.8, 4) is 11.6 Å². The highest BCUT2D eigenvalue weighted by molar-refractivity contribution is 6.00. The predicted molar refractivity (Wildman–Crippen MR) is 91.6 cm³/mol. The quantitative estimate of drug-likeness (QED) is 0.762. The second kappa shape index (κ2) is 6.21. The number of hydrogen-bond donors (Lipinski definition) is 1. The average Bonchev–Trinajstić information content (AvgIpc) is 3.35. The van der Waals surface area contributed by atoms with Gasteiger partial charge in [0.15, 0.2) is 5.82 Å². The van der Waals surface area contributed by atoms with Crippen LogP contribution in [-0.4, -0.2) is 32.8 Å². The molecule has 0 bridgehead atoms. The lowest BCUT2D eigenvalue weighted by Crippen LogP contribution is -2.29. The molecule has 1 fully saturated rings. The van der Waals surface area contributed by atoms with Crippen LogP contribution in [0.15, 0.2) is 49.1 Å². The third-order valence-corrected chi connectivity index (χ3v) is 4.50. The number of nitrogens with one attached hydrogen (secondary N) is 1. The van der Waals surface area contributed by atoms with E-state index in [1.54, 1.807) is 36.7 Å². The average molecular weight is 353 g/mol. The summed E-state index contributed by atoms with van der Waals surface area (Å²) in [6.07, 6.45) is 5.83. The summed E-state index contributed by atoms with van der Waals surface area (Å²) in [5.41, 5.74) is 0.156. The number of anilines is 1. The number of nitrogens with zero attached hydrogens (tertiary/aromatic N) is 4. The van der Waals surface area contributed by atoms with Crippen molar-refractivity contribution in [1.82, 2.24) is 19.7 Å². The maximum atomic E-state index is 14.1. The first kappa shape index (κ1) is 16.2. The van der Waals surface area contributed by atoms with Crippen LogP contribution in [0.4, 0.5) is 10.2 Å². The maximum Gasteiger partial charge on any atom is 0.242 e. The summed E-state index contributed by atoms with van der Waals surface area (Å²) >= 11 is 0. The van der Waals surface area contributed by atoms with Crippen molar-refractivity contribution in [2.24, 2.45) is 0 Å². The summed E-state index contributed by atoms with van der Waals surface area (Å²) in [6, 6.07) is 8.04. The van der Waals surface area contributed by atoms with Gasteiger partial charge in [-0.1, -0.05) is 18.2 Å². The smallest absolute Gasteiger partial charge is 0.242 e. The first-order chi connectivity index (χ1) is 12.6. The molecule has 0 spiro atoms. The lowest BCUT2D eigenvalue weighted by atomic mass is 9.94. The molecule has 0 saturated heterocycles. The third kappa shape index (κ3) is 2.69. The molecular weight excluding hydrogens is 337 g/mol. The molecule has 0 aliphatic heterocycles. The molecule has 1 aliphatic rings. The topological polar surface area (TPSA) is 81.9 Å². The van der Waals surface area contributed by atoms with E-state index in [0.29, 0.717) is 35.8 Å². The molecule has 3 aromatic rings. The van der Waals surface area contributed by atoms with E-state index < -0.39 is 5.41 Å². The van der Waals surface area contributed by atoms with Crippen LogP contribution in [0, 0.1) is 5.82 Å². The second-order valence-electron chi connectivity index (χ2n) is 6.08. The maximum absolute atomic E-state index is 14.1. The van der Waals surface area contributed by atoms with Crippen molar-refractivity contribution in [3.05, 3.63) is 60.4 Å². The van der Waals surface area contributed by atoms with Gasteiger partial charge in [0, 0.05) is 17.8 Å². The van der Waals surface area contributed by atoms with E-state index in [1.807, 2.05) is 0 Å². The molecule has 1 N–H and O–H groups in total. The van der Waals surface area contributed by atoms with Crippen LogP contribution < -0.4 is 10.1 Å². The Morgan fingerprint density at radius 1 is 1.31 bits per heavy atom. The molecule has 4 rings (SSSR count). The summed E-state index contributed by atoms with van der Waals surface area (Å²) in [6.45, 7) is 0. The molecule has 8 heteroatoms. The standard InChI is InChI=1S/C18H16FN5O2/c1-26-16-14(10-20-11-21-16)24-9-6-15(23-24)22-17(25)18(7-8-18)12-4-2-3-5-13(12)19/h2-6,9-11H,7-8H2,1H3,(H,22,23,25). The fraction of sp³-hybridized carbons (Fsp3) is 0.222. The van der Waals surface area contributed by atoms with E-state index in [-0.39, 0.29) is 11.7 Å². The minimum Gasteiger partial charge on any atom is -0.479 e. The van der Waals surface area contributed by atoms with Gasteiger partial charge in [0.25, 0.3) is 0 Å². The lowest BCUT2D eigenvalue weighted by Gasteiger charge is -2.15. The first-order valence-corrected chi connectivity index (χ1v) is 8.10. The molecule has 1 aromatic carbocycles. The minimum absolute atomic E-state index is 0.260. The fourth-order valence-electron chi connectivity index (χ4n) is 2.98. The zero-order valence-corrected chi connectivity index (χ0v) is 14.0. The zero-order chi connectivity index (χ0) is 18.1. The van der Waals surface area contributed by atoms with Crippen LogP contribution in [-0.2, 0) is 10.2 Å². The van der Waals surface area contributed by atoms with Gasteiger partial charge in [-0.3, -0.25) is 4.79 Å². The lowest BCUT2D eigenvalue weighted by molar-refractivity contribution is -0.118. The Kier molecular flexibility index (Phi) is 3.87. The summed E-state index contributed by atoms with van der Waals surface area (Å²) in [5, 5.41) is 7.10. The number of carbonyl (C=O) groups excluding carboxylic acids is 1. The summed E-state index contributed by atoms with van der Waals surface area (Å²) in [4.78, 5) is 20.7. The highest BCUT2D eigenvalue weighted by Gasteiger charge is 2.52. The number of methoxy groups -OCH3 is 1. The number of amides is 1. The second-order valence-corrected chi connectivity index (χ2v) is 6.08. The van der Waals surface area contributed by atoms with Crippen molar-refractivity contribution < 1.29 is 13.9 Å². The van der Waals surface area contributed by atoms with Crippen molar-refractivity contribution in [3.63, 3.8) is 0 Å². The van der Waals surface area contributed by atoms with E-state index >= 15 is 0 Å². The molecule has 0 radical (unpaired) electrons. The van der Waals surface area contributed by atoms with Gasteiger partial charge in [-0.15, -0.1) is 5.10 Å². The number of benzene rings is 1. The normalized spacial score (nSPS) is 14.7. The van der Waals surface area contributed by atoms with Crippen molar-refractivity contribution in [2.45, 2.75) is 18.3 Å². The number of carbonyl (C=O) groups is 1. The van der Waals surface area contributed by atoms with E-state index in [9.17, 15) is 9.18 Å². The summed E-state index contributed by atoms with van der Waals surface area (Å²) in [5.74, 6) is 0.107. The Morgan fingerprint density at radius 3 is 2.85 bits per heavy atom. The third-order valence-electron chi connectivity index (χ3n) is 4.50. The Hall–Kier alpha value is -3.29. The molecule has 26 heavy (non-hydrogen) atoms. The Labute approximate surface area is 148 Å². The van der Waals surface area contributed by atoms with Crippen LogP contribution in [0.5, 0.6) is 5.88 Å². The predicted octanol–water partition coefficient (Wildman–Crippen LogP) is 2.48. The zero-order valence-electron chi connectivity index (χ0n) is 14.0. The molecule has 0 atom stereocenters. The van der Waals surface area contributed by atoms with Crippen LogP contribution in [0.2, 0.25) is 0 Å². The van der Waals surface area contributed by atoms with E-state index in [4.69, 9.17) is 4.74 Å². The molecule has 7 nitrogen and oxygen atoms in total. The minimum atomic E-state index is -0.817. The monoisotopic (exact) mass is 353 g/mol. The molecule has 132 valence electrons.